The summed E-state index contributed by atoms with van der Waals surface area (Å²) in [5.74, 6) is -1.61. The van der Waals surface area contributed by atoms with Crippen molar-refractivity contribution in [2.45, 2.75) is 19.9 Å². The Kier molecular flexibility index (Phi) is 5.80. The van der Waals surface area contributed by atoms with Crippen molar-refractivity contribution in [3.63, 3.8) is 0 Å². The van der Waals surface area contributed by atoms with E-state index in [4.69, 9.17) is 20.8 Å². The fourth-order valence-corrected chi connectivity index (χ4v) is 2.82. The van der Waals surface area contributed by atoms with Crippen LogP contribution in [0.2, 0.25) is 5.02 Å². The Bertz CT molecular complexity index is 1090. The van der Waals surface area contributed by atoms with Gasteiger partial charge in [0.25, 0.3) is 5.91 Å². The summed E-state index contributed by atoms with van der Waals surface area (Å²) in [5.41, 5.74) is 1.70. The molecule has 2 aromatic carbocycles. The number of carbonyl (C=O) groups excluding carboxylic acids is 2. The zero-order valence-corrected chi connectivity index (χ0v) is 16.1. The largest absolute Gasteiger partial charge is 0.450 e. The summed E-state index contributed by atoms with van der Waals surface area (Å²) < 4.78 is 10.4. The fourth-order valence-electron chi connectivity index (χ4n) is 2.69. The molecule has 1 aromatic heterocycles. The molecule has 7 heteroatoms. The smallest absolute Gasteiger partial charge is 0.374 e. The van der Waals surface area contributed by atoms with E-state index in [0.29, 0.717) is 10.4 Å². The van der Waals surface area contributed by atoms with Gasteiger partial charge in [-0.05, 0) is 43.7 Å². The molecule has 0 aliphatic rings. The fraction of sp³-hybridized carbons (Fsp3) is 0.190. The zero-order valence-electron chi connectivity index (χ0n) is 15.3. The van der Waals surface area contributed by atoms with Crippen LogP contribution in [0.15, 0.2) is 57.7 Å². The van der Waals surface area contributed by atoms with Gasteiger partial charge in [0.15, 0.2) is 12.0 Å². The number of halogens is 1. The number of hydrogen-bond donors (Lipinski definition) is 1. The van der Waals surface area contributed by atoms with Gasteiger partial charge in [-0.3, -0.25) is 9.59 Å². The number of carbonyl (C=O) groups is 2. The molecule has 1 N–H and O–H groups in total. The molecule has 144 valence electrons. The van der Waals surface area contributed by atoms with Crippen molar-refractivity contribution in [3.05, 3.63) is 80.7 Å². The van der Waals surface area contributed by atoms with Crippen LogP contribution in [0, 0.1) is 6.92 Å². The quantitative estimate of drug-likeness (QED) is 0.660. The minimum Gasteiger partial charge on any atom is -0.450 e. The second kappa shape index (κ2) is 8.27. The highest BCUT2D eigenvalue weighted by atomic mass is 35.5. The standard InChI is InChI=1S/C21H18ClNO5/c1-12-3-8-18-16(9-12)17(24)10-19(28-18)21(26)27-11-20(25)23-13(2)14-4-6-15(22)7-5-14/h3-10,13H,11H2,1-2H3,(H,23,25)/t13-/m0/s1. The Morgan fingerprint density at radius 3 is 2.57 bits per heavy atom. The molecule has 0 aliphatic carbocycles. The van der Waals surface area contributed by atoms with Crippen LogP contribution in [0.5, 0.6) is 0 Å². The highest BCUT2D eigenvalue weighted by Crippen LogP contribution is 2.16. The number of aryl methyl sites for hydroxylation is 1. The van der Waals surface area contributed by atoms with E-state index in [-0.39, 0.29) is 22.8 Å². The molecule has 0 bridgehead atoms. The molecule has 0 spiro atoms. The van der Waals surface area contributed by atoms with Crippen LogP contribution in [0.1, 0.15) is 34.6 Å². The average molecular weight is 400 g/mol. The van der Waals surface area contributed by atoms with Gasteiger partial charge in [0.05, 0.1) is 11.4 Å². The lowest BCUT2D eigenvalue weighted by molar-refractivity contribution is -0.124. The predicted octanol–water partition coefficient (Wildman–Crippen LogP) is 3.79. The van der Waals surface area contributed by atoms with Gasteiger partial charge < -0.3 is 14.5 Å². The predicted molar refractivity (Wildman–Crippen MR) is 106 cm³/mol. The third kappa shape index (κ3) is 4.58. The molecule has 0 unspecified atom stereocenters. The first-order valence-electron chi connectivity index (χ1n) is 8.60. The van der Waals surface area contributed by atoms with Crippen molar-refractivity contribution >= 4 is 34.4 Å². The number of nitrogens with one attached hydrogen (secondary N) is 1. The maximum atomic E-state index is 12.2. The van der Waals surface area contributed by atoms with Crippen molar-refractivity contribution in [1.29, 1.82) is 0 Å². The van der Waals surface area contributed by atoms with E-state index in [1.807, 2.05) is 6.92 Å². The number of ether oxygens (including phenoxy) is 1. The molecule has 1 amide bonds. The summed E-state index contributed by atoms with van der Waals surface area (Å²) in [6.45, 7) is 3.16. The zero-order chi connectivity index (χ0) is 20.3. The van der Waals surface area contributed by atoms with Crippen molar-refractivity contribution in [3.8, 4) is 0 Å². The van der Waals surface area contributed by atoms with Crippen LogP contribution in [-0.4, -0.2) is 18.5 Å². The third-order valence-corrected chi connectivity index (χ3v) is 4.42. The van der Waals surface area contributed by atoms with Crippen molar-refractivity contribution in [1.82, 2.24) is 5.32 Å². The van der Waals surface area contributed by atoms with Gasteiger partial charge in [-0.1, -0.05) is 35.4 Å². The van der Waals surface area contributed by atoms with Gasteiger partial charge in [0.1, 0.15) is 5.58 Å². The summed E-state index contributed by atoms with van der Waals surface area (Å²) in [7, 11) is 0. The number of esters is 1. The minimum atomic E-state index is -0.881. The molecule has 0 aliphatic heterocycles. The monoisotopic (exact) mass is 399 g/mol. The van der Waals surface area contributed by atoms with E-state index in [9.17, 15) is 14.4 Å². The maximum Gasteiger partial charge on any atom is 0.374 e. The highest BCUT2D eigenvalue weighted by molar-refractivity contribution is 6.30. The Morgan fingerprint density at radius 2 is 1.86 bits per heavy atom. The van der Waals surface area contributed by atoms with Crippen LogP contribution < -0.4 is 10.7 Å². The third-order valence-electron chi connectivity index (χ3n) is 4.17. The summed E-state index contributed by atoms with van der Waals surface area (Å²) in [6.07, 6.45) is 0. The van der Waals surface area contributed by atoms with E-state index < -0.39 is 18.5 Å². The van der Waals surface area contributed by atoms with E-state index in [1.54, 1.807) is 49.4 Å². The molecular weight excluding hydrogens is 382 g/mol. The molecule has 0 saturated carbocycles. The minimum absolute atomic E-state index is 0.250. The molecule has 28 heavy (non-hydrogen) atoms. The Hall–Kier alpha value is -3.12. The summed E-state index contributed by atoms with van der Waals surface area (Å²) >= 11 is 5.84. The second-order valence-electron chi connectivity index (χ2n) is 6.39. The van der Waals surface area contributed by atoms with Crippen LogP contribution in [-0.2, 0) is 9.53 Å². The van der Waals surface area contributed by atoms with E-state index in [0.717, 1.165) is 17.2 Å². The Balaban J connectivity index is 1.62. The van der Waals surface area contributed by atoms with Crippen LogP contribution >= 0.6 is 11.6 Å². The molecule has 1 heterocycles. The first-order valence-corrected chi connectivity index (χ1v) is 8.98. The number of fused-ring (bicyclic) bond motifs is 1. The molecule has 0 saturated heterocycles. The molecule has 6 nitrogen and oxygen atoms in total. The Morgan fingerprint density at radius 1 is 1.14 bits per heavy atom. The summed E-state index contributed by atoms with van der Waals surface area (Å²) in [4.78, 5) is 36.4. The SMILES string of the molecule is Cc1ccc2oc(C(=O)OCC(=O)N[C@@H](C)c3ccc(Cl)cc3)cc(=O)c2c1. The molecule has 1 atom stereocenters. The molecule has 0 radical (unpaired) electrons. The second-order valence-corrected chi connectivity index (χ2v) is 6.83. The maximum absolute atomic E-state index is 12.2. The van der Waals surface area contributed by atoms with E-state index >= 15 is 0 Å². The van der Waals surface area contributed by atoms with Crippen LogP contribution in [0.4, 0.5) is 0 Å². The van der Waals surface area contributed by atoms with E-state index in [2.05, 4.69) is 5.32 Å². The number of rotatable bonds is 5. The molecule has 3 aromatic rings. The molecule has 0 fully saturated rings. The molecule has 3 rings (SSSR count). The van der Waals surface area contributed by atoms with Gasteiger partial charge in [-0.15, -0.1) is 0 Å². The van der Waals surface area contributed by atoms with Gasteiger partial charge in [0.2, 0.25) is 5.76 Å². The lowest BCUT2D eigenvalue weighted by Crippen LogP contribution is -2.31. The average Bonchev–Trinajstić information content (AvgIpc) is 2.67. The first kappa shape index (κ1) is 19.6. The lowest BCUT2D eigenvalue weighted by atomic mass is 10.1. The normalized spacial score (nSPS) is 11.8. The van der Waals surface area contributed by atoms with Gasteiger partial charge in [0, 0.05) is 11.1 Å². The van der Waals surface area contributed by atoms with Crippen molar-refractivity contribution < 1.29 is 18.7 Å². The lowest BCUT2D eigenvalue weighted by Gasteiger charge is -2.14. The number of amides is 1. The van der Waals surface area contributed by atoms with Crippen LogP contribution in [0.3, 0.4) is 0 Å². The Labute approximate surface area is 166 Å². The van der Waals surface area contributed by atoms with E-state index in [1.165, 1.54) is 0 Å². The van der Waals surface area contributed by atoms with Crippen molar-refractivity contribution in [2.24, 2.45) is 0 Å². The summed E-state index contributed by atoms with van der Waals surface area (Å²) in [5, 5.41) is 3.70. The van der Waals surface area contributed by atoms with Gasteiger partial charge >= 0.3 is 5.97 Å². The van der Waals surface area contributed by atoms with Crippen LogP contribution in [0.25, 0.3) is 11.0 Å². The summed E-state index contributed by atoms with van der Waals surface area (Å²) in [6, 6.07) is 12.9. The van der Waals surface area contributed by atoms with Gasteiger partial charge in [-0.2, -0.15) is 0 Å². The number of hydrogen-bond acceptors (Lipinski definition) is 5. The molecular formula is C21H18ClNO5. The van der Waals surface area contributed by atoms with Gasteiger partial charge in [-0.25, -0.2) is 4.79 Å². The topological polar surface area (TPSA) is 85.6 Å². The highest BCUT2D eigenvalue weighted by Gasteiger charge is 2.17. The first-order chi connectivity index (χ1) is 13.3. The van der Waals surface area contributed by atoms with Crippen molar-refractivity contribution in [2.75, 3.05) is 6.61 Å². The number of benzene rings is 2.